The molecule has 0 bridgehead atoms. The Balaban J connectivity index is 0.000000248. The number of azo groups is 2. The second-order valence-electron chi connectivity index (χ2n) is 11.4. The third-order valence-electron chi connectivity index (χ3n) is 7.72. The predicted molar refractivity (Wildman–Crippen MR) is 202 cm³/mol. The molecule has 6 rings (SSSR count). The summed E-state index contributed by atoms with van der Waals surface area (Å²) < 4.78 is 53.6. The van der Waals surface area contributed by atoms with Crippen molar-refractivity contribution in [2.75, 3.05) is 14.1 Å². The summed E-state index contributed by atoms with van der Waals surface area (Å²) in [7, 11) is -5.00. The van der Waals surface area contributed by atoms with E-state index in [9.17, 15) is 36.9 Å². The molecule has 1 radical (unpaired) electrons. The normalized spacial score (nSPS) is 11.8. The smallest absolute Gasteiger partial charge is 0.871 e. The molecular formula is C34H29Cl2CrN10O8S2. The van der Waals surface area contributed by atoms with Gasteiger partial charge < -0.3 is 15.3 Å². The number of hydrogen-bond acceptors (Lipinski definition) is 13. The molecule has 6 aromatic rings. The summed E-state index contributed by atoms with van der Waals surface area (Å²) in [4.78, 5) is 12.2. The van der Waals surface area contributed by atoms with Gasteiger partial charge in [0.1, 0.15) is 5.69 Å². The standard InChI is InChI=1S/2C17H16ClN5O4S.Cr/c2*1-10-16(17(25)23(22-10)12-5-3-11(18)4-6-12)21-20-14-8-7-13(9-15(14)24)28(26,27)19-2;/h3-9,19,24-25H,1-2H3;3-9,19,22,24H,1-2H3;/q;;+3/p-3. The van der Waals surface area contributed by atoms with Gasteiger partial charge in [0.15, 0.2) is 5.69 Å². The predicted octanol–water partition coefficient (Wildman–Crippen LogP) is 4.83. The summed E-state index contributed by atoms with van der Waals surface area (Å²) in [6.45, 7) is 3.23. The Labute approximate surface area is 346 Å². The van der Waals surface area contributed by atoms with Crippen LogP contribution in [-0.2, 0) is 37.4 Å². The summed E-state index contributed by atoms with van der Waals surface area (Å²) in [5.41, 5.74) is 1.19. The van der Waals surface area contributed by atoms with Crippen LogP contribution < -0.4 is 30.3 Å². The molecule has 0 spiro atoms. The summed E-state index contributed by atoms with van der Waals surface area (Å²) in [6, 6.07) is 19.9. The second-order valence-corrected chi connectivity index (χ2v) is 16.0. The fourth-order valence-electron chi connectivity index (χ4n) is 4.73. The van der Waals surface area contributed by atoms with Gasteiger partial charge in [-0.15, -0.1) is 10.2 Å². The second kappa shape index (κ2) is 18.3. The van der Waals surface area contributed by atoms with Crippen LogP contribution in [0.5, 0.6) is 17.4 Å². The van der Waals surface area contributed by atoms with E-state index in [0.717, 1.165) is 16.8 Å². The number of sulfonamides is 2. The first-order chi connectivity index (χ1) is 26.4. The number of halogens is 2. The van der Waals surface area contributed by atoms with Crippen molar-refractivity contribution in [1.29, 1.82) is 0 Å². The van der Waals surface area contributed by atoms with Crippen molar-refractivity contribution in [1.82, 2.24) is 29.0 Å². The summed E-state index contributed by atoms with van der Waals surface area (Å²) in [5.74, 6) is -1.79. The van der Waals surface area contributed by atoms with E-state index < -0.39 is 43.0 Å². The van der Waals surface area contributed by atoms with E-state index in [2.05, 4.69) is 40.1 Å². The van der Waals surface area contributed by atoms with Crippen molar-refractivity contribution in [3.63, 3.8) is 0 Å². The van der Waals surface area contributed by atoms with E-state index >= 15 is 0 Å². The van der Waals surface area contributed by atoms with Gasteiger partial charge in [-0.1, -0.05) is 34.7 Å². The summed E-state index contributed by atoms with van der Waals surface area (Å²) in [5, 5.41) is 60.2. The van der Waals surface area contributed by atoms with Crippen LogP contribution >= 0.6 is 23.2 Å². The number of H-pyrrole nitrogens is 1. The van der Waals surface area contributed by atoms with Gasteiger partial charge >= 0.3 is 17.4 Å². The van der Waals surface area contributed by atoms with Gasteiger partial charge in [-0.2, -0.15) is 15.3 Å². The van der Waals surface area contributed by atoms with E-state index in [1.807, 2.05) is 0 Å². The van der Waals surface area contributed by atoms with E-state index in [0.29, 0.717) is 32.8 Å². The molecule has 4 aromatic carbocycles. The van der Waals surface area contributed by atoms with Gasteiger partial charge in [0.05, 0.1) is 43.9 Å². The summed E-state index contributed by atoms with van der Waals surface area (Å²) >= 11 is 11.7. The van der Waals surface area contributed by atoms with E-state index in [1.54, 1.807) is 62.4 Å². The first-order valence-corrected chi connectivity index (χ1v) is 19.6. The molecule has 2 heterocycles. The van der Waals surface area contributed by atoms with Gasteiger partial charge in [0.2, 0.25) is 20.0 Å². The zero-order valence-electron chi connectivity index (χ0n) is 30.0. The van der Waals surface area contributed by atoms with Crippen LogP contribution in [0.3, 0.4) is 0 Å². The molecule has 0 fully saturated rings. The molecule has 0 aliphatic heterocycles. The molecule has 0 saturated carbocycles. The van der Waals surface area contributed by atoms with E-state index in [1.165, 1.54) is 43.0 Å². The quantitative estimate of drug-likeness (QED) is 0.159. The number of nitrogens with one attached hydrogen (secondary N) is 3. The summed E-state index contributed by atoms with van der Waals surface area (Å²) in [6.07, 6.45) is 0. The number of aryl methyl sites for hydroxylation is 2. The van der Waals surface area contributed by atoms with Crippen molar-refractivity contribution in [2.24, 2.45) is 20.5 Å². The molecule has 0 atom stereocenters. The molecule has 295 valence electrons. The van der Waals surface area contributed by atoms with Gasteiger partial charge in [0.25, 0.3) is 5.56 Å². The van der Waals surface area contributed by atoms with Crippen LogP contribution in [0.1, 0.15) is 11.4 Å². The number of aromatic amines is 1. The fraction of sp³-hybridized carbons (Fsp3) is 0.118. The molecule has 0 aliphatic carbocycles. The Morgan fingerprint density at radius 3 is 1.54 bits per heavy atom. The maximum absolute atomic E-state index is 12.6. The van der Waals surface area contributed by atoms with Gasteiger partial charge in [-0.3, -0.25) is 9.89 Å². The largest absolute Gasteiger partial charge is 3.00 e. The van der Waals surface area contributed by atoms with Crippen molar-refractivity contribution in [2.45, 2.75) is 23.6 Å². The maximum atomic E-state index is 12.6. The van der Waals surface area contributed by atoms with Crippen molar-refractivity contribution in [3.05, 3.63) is 117 Å². The van der Waals surface area contributed by atoms with Crippen molar-refractivity contribution in [3.8, 4) is 28.8 Å². The van der Waals surface area contributed by atoms with Crippen LogP contribution in [0.2, 0.25) is 10.0 Å². The Bertz CT molecular complexity index is 2760. The SMILES string of the molecule is CNS(=O)(=O)c1ccc(N=Nc2c(C)[nH]n(-c3ccc(Cl)cc3)c2=O)c([O-])c1.CNS(=O)(=O)c1ccc(N=Nc2c(C)nn(-c3ccc(Cl)cc3)c2[O-])c([O-])c1.[Cr+3]. The topological polar surface area (TPSA) is 267 Å². The van der Waals surface area contributed by atoms with E-state index in [4.69, 9.17) is 23.2 Å². The third-order valence-corrected chi connectivity index (χ3v) is 11.0. The number of hydrogen-bond donors (Lipinski definition) is 3. The monoisotopic (exact) mass is 891 g/mol. The average molecular weight is 893 g/mol. The number of aromatic nitrogens is 4. The maximum Gasteiger partial charge on any atom is 3.00 e. The minimum atomic E-state index is -3.74. The van der Waals surface area contributed by atoms with Gasteiger partial charge in [0, 0.05) is 15.9 Å². The molecule has 57 heavy (non-hydrogen) atoms. The van der Waals surface area contributed by atoms with Crippen LogP contribution in [0, 0.1) is 13.8 Å². The molecule has 2 aromatic heterocycles. The Hall–Kier alpha value is -5.37. The van der Waals surface area contributed by atoms with Crippen molar-refractivity contribution >= 4 is 66.0 Å². The number of rotatable bonds is 10. The molecule has 3 N–H and O–H groups in total. The minimum absolute atomic E-state index is 0. The van der Waals surface area contributed by atoms with Crippen LogP contribution in [0.15, 0.2) is 120 Å². The molecule has 18 nitrogen and oxygen atoms in total. The average Bonchev–Trinajstić information content (AvgIpc) is 3.62. The van der Waals surface area contributed by atoms with E-state index in [-0.39, 0.29) is 49.9 Å². The molecule has 0 amide bonds. The minimum Gasteiger partial charge on any atom is -0.871 e. The van der Waals surface area contributed by atoms with Crippen LogP contribution in [-0.4, -0.2) is 50.5 Å². The van der Waals surface area contributed by atoms with Crippen LogP contribution in [0.4, 0.5) is 22.7 Å². The first kappa shape index (κ1) is 44.3. The van der Waals surface area contributed by atoms with Crippen molar-refractivity contribution < 1.29 is 49.5 Å². The number of benzene rings is 4. The third kappa shape index (κ3) is 10.1. The Morgan fingerprint density at radius 1 is 0.667 bits per heavy atom. The van der Waals surface area contributed by atoms with Crippen LogP contribution in [0.25, 0.3) is 11.4 Å². The zero-order valence-corrected chi connectivity index (χ0v) is 34.4. The van der Waals surface area contributed by atoms with Gasteiger partial charge in [-0.25, -0.2) is 35.6 Å². The molecule has 23 heteroatoms. The zero-order chi connectivity index (χ0) is 40.9. The Kier molecular flexibility index (Phi) is 14.2. The fourth-order valence-corrected chi connectivity index (χ4v) is 6.47. The van der Waals surface area contributed by atoms with Gasteiger partial charge in [-0.05, 0) is 113 Å². The Morgan fingerprint density at radius 2 is 1.11 bits per heavy atom. The molecule has 0 unspecified atom stereocenters. The number of nitrogens with zero attached hydrogens (tertiary/aromatic N) is 7. The molecule has 0 aliphatic rings. The molecular weight excluding hydrogens is 863 g/mol. The molecule has 0 saturated heterocycles. The first-order valence-electron chi connectivity index (χ1n) is 15.9.